The Labute approximate surface area is 135 Å². The number of thiophene rings is 1. The van der Waals surface area contributed by atoms with Crippen molar-refractivity contribution in [2.75, 3.05) is 33.7 Å². The van der Waals surface area contributed by atoms with Gasteiger partial charge in [-0.05, 0) is 36.1 Å². The summed E-state index contributed by atoms with van der Waals surface area (Å²) in [6.45, 7) is -0.0646. The van der Waals surface area contributed by atoms with E-state index in [9.17, 15) is 13.2 Å². The second kappa shape index (κ2) is 7.19. The maximum atomic E-state index is 12.4. The number of sulfonamides is 1. The van der Waals surface area contributed by atoms with Crippen molar-refractivity contribution >= 4 is 54.9 Å². The van der Waals surface area contributed by atoms with Crippen LogP contribution >= 0.6 is 38.9 Å². The first kappa shape index (κ1) is 17.9. The molecular formula is C10H14BrClN2O4S2. The molecule has 0 saturated carbocycles. The number of hydrogen-bond donors (Lipinski definition) is 1. The van der Waals surface area contributed by atoms with Gasteiger partial charge in [0.15, 0.2) is 0 Å². The number of carbonyl (C=O) groups is 1. The largest absolute Gasteiger partial charge is 0.480 e. The highest BCUT2D eigenvalue weighted by Gasteiger charge is 2.28. The standard InChI is InChI=1S/C10H14BrClN2O4S2/c1-13(2)3-4-14(6-8(15)16)20(17,18)9-5-7(12)10(11)19-9/h5H,3-4,6H2,1-2H3,(H,15,16). The second-order valence-corrected chi connectivity index (χ2v) is 9.16. The van der Waals surface area contributed by atoms with Crippen molar-refractivity contribution in [2.45, 2.75) is 4.21 Å². The van der Waals surface area contributed by atoms with Crippen molar-refractivity contribution in [2.24, 2.45) is 0 Å². The molecule has 114 valence electrons. The third-order valence-electron chi connectivity index (χ3n) is 2.32. The molecule has 0 aliphatic rings. The summed E-state index contributed by atoms with van der Waals surface area (Å²) in [4.78, 5) is 12.6. The fourth-order valence-electron chi connectivity index (χ4n) is 1.33. The molecule has 0 aliphatic heterocycles. The average Bonchev–Trinajstić information content (AvgIpc) is 2.65. The minimum absolute atomic E-state index is 0.0226. The van der Waals surface area contributed by atoms with E-state index >= 15 is 0 Å². The van der Waals surface area contributed by atoms with Crippen LogP contribution in [0.2, 0.25) is 5.02 Å². The lowest BCUT2D eigenvalue weighted by molar-refractivity contribution is -0.137. The normalized spacial score (nSPS) is 12.3. The summed E-state index contributed by atoms with van der Waals surface area (Å²) >= 11 is 9.94. The molecule has 1 N–H and O–H groups in total. The van der Waals surface area contributed by atoms with Gasteiger partial charge in [-0.15, -0.1) is 11.3 Å². The summed E-state index contributed by atoms with van der Waals surface area (Å²) in [6.07, 6.45) is 0. The number of hydrogen-bond acceptors (Lipinski definition) is 5. The molecule has 1 aromatic heterocycles. The van der Waals surface area contributed by atoms with Gasteiger partial charge in [0.25, 0.3) is 10.0 Å². The van der Waals surface area contributed by atoms with Crippen molar-refractivity contribution in [3.63, 3.8) is 0 Å². The highest BCUT2D eigenvalue weighted by molar-refractivity contribution is 9.11. The minimum Gasteiger partial charge on any atom is -0.480 e. The summed E-state index contributed by atoms with van der Waals surface area (Å²) in [5, 5.41) is 9.16. The third-order valence-corrected chi connectivity index (χ3v) is 7.09. The van der Waals surface area contributed by atoms with Crippen LogP contribution in [0.5, 0.6) is 0 Å². The Balaban J connectivity index is 3.06. The van der Waals surface area contributed by atoms with E-state index in [1.54, 1.807) is 19.0 Å². The van der Waals surface area contributed by atoms with Crippen LogP contribution in [0.4, 0.5) is 0 Å². The summed E-state index contributed by atoms with van der Waals surface area (Å²) < 4.78 is 26.3. The molecule has 0 bridgehead atoms. The summed E-state index contributed by atoms with van der Waals surface area (Å²) in [5.41, 5.74) is 0. The topological polar surface area (TPSA) is 77.9 Å². The summed E-state index contributed by atoms with van der Waals surface area (Å²) in [5.74, 6) is -1.20. The first-order valence-corrected chi connectivity index (χ1v) is 8.89. The van der Waals surface area contributed by atoms with E-state index in [1.165, 1.54) is 6.07 Å². The molecule has 0 radical (unpaired) electrons. The van der Waals surface area contributed by atoms with Gasteiger partial charge in [0.05, 0.1) is 8.81 Å². The van der Waals surface area contributed by atoms with Crippen molar-refractivity contribution < 1.29 is 18.3 Å². The van der Waals surface area contributed by atoms with Gasteiger partial charge in [-0.2, -0.15) is 4.31 Å². The van der Waals surface area contributed by atoms with Crippen LogP contribution in [0.15, 0.2) is 14.1 Å². The Kier molecular flexibility index (Phi) is 6.42. The van der Waals surface area contributed by atoms with Gasteiger partial charge in [0.2, 0.25) is 0 Å². The van der Waals surface area contributed by atoms with E-state index in [1.807, 2.05) is 0 Å². The van der Waals surface area contributed by atoms with Gasteiger partial charge in [0, 0.05) is 13.1 Å². The molecule has 0 spiro atoms. The number of carboxylic acid groups (broad SMARTS) is 1. The molecular weight excluding hydrogens is 392 g/mol. The highest BCUT2D eigenvalue weighted by atomic mass is 79.9. The molecule has 10 heteroatoms. The molecule has 0 fully saturated rings. The predicted molar refractivity (Wildman–Crippen MR) is 82.0 cm³/mol. The Morgan fingerprint density at radius 3 is 2.45 bits per heavy atom. The van der Waals surface area contributed by atoms with E-state index in [-0.39, 0.29) is 15.8 Å². The lowest BCUT2D eigenvalue weighted by Gasteiger charge is -2.21. The summed E-state index contributed by atoms with van der Waals surface area (Å²) in [6, 6.07) is 1.32. The van der Waals surface area contributed by atoms with E-state index in [0.717, 1.165) is 15.6 Å². The maximum Gasteiger partial charge on any atom is 0.318 e. The minimum atomic E-state index is -3.86. The molecule has 0 saturated heterocycles. The predicted octanol–water partition coefficient (Wildman–Crippen LogP) is 1.80. The number of halogens is 2. The number of likely N-dealkylation sites (N-methyl/N-ethyl adjacent to an activating group) is 1. The molecule has 6 nitrogen and oxygen atoms in total. The molecule has 1 heterocycles. The van der Waals surface area contributed by atoms with E-state index < -0.39 is 22.5 Å². The lowest BCUT2D eigenvalue weighted by Crippen LogP contribution is -2.39. The number of nitrogens with zero attached hydrogens (tertiary/aromatic N) is 2. The Morgan fingerprint density at radius 2 is 2.05 bits per heavy atom. The molecule has 0 amide bonds. The van der Waals surface area contributed by atoms with Crippen LogP contribution in [0, 0.1) is 0 Å². The first-order chi connectivity index (χ1) is 9.14. The molecule has 0 unspecified atom stereocenters. The van der Waals surface area contributed by atoms with Crippen LogP contribution in [0.3, 0.4) is 0 Å². The first-order valence-electron chi connectivity index (χ1n) is 5.46. The van der Waals surface area contributed by atoms with Crippen LogP contribution in [-0.4, -0.2) is 62.4 Å². The molecule has 20 heavy (non-hydrogen) atoms. The second-order valence-electron chi connectivity index (χ2n) is 4.22. The third kappa shape index (κ3) is 4.68. The van der Waals surface area contributed by atoms with Gasteiger partial charge in [-0.1, -0.05) is 11.6 Å². The maximum absolute atomic E-state index is 12.4. The molecule has 1 aromatic rings. The smallest absolute Gasteiger partial charge is 0.318 e. The zero-order valence-electron chi connectivity index (χ0n) is 10.8. The molecule has 0 aromatic carbocycles. The van der Waals surface area contributed by atoms with Crippen LogP contribution in [0.25, 0.3) is 0 Å². The van der Waals surface area contributed by atoms with Gasteiger partial charge in [-0.3, -0.25) is 4.79 Å². The van der Waals surface area contributed by atoms with Gasteiger partial charge in [-0.25, -0.2) is 8.42 Å². The Bertz CT molecular complexity index is 569. The van der Waals surface area contributed by atoms with Gasteiger partial charge >= 0.3 is 5.97 Å². The monoisotopic (exact) mass is 404 g/mol. The fourth-order valence-corrected chi connectivity index (χ4v) is 5.26. The molecule has 0 aliphatic carbocycles. The van der Waals surface area contributed by atoms with Crippen molar-refractivity contribution in [1.82, 2.24) is 9.21 Å². The SMILES string of the molecule is CN(C)CCN(CC(=O)O)S(=O)(=O)c1cc(Cl)c(Br)s1. The van der Waals surface area contributed by atoms with Crippen LogP contribution in [-0.2, 0) is 14.8 Å². The average molecular weight is 406 g/mol. The van der Waals surface area contributed by atoms with Crippen LogP contribution in [0.1, 0.15) is 0 Å². The van der Waals surface area contributed by atoms with Crippen LogP contribution < -0.4 is 0 Å². The summed E-state index contributed by atoms with van der Waals surface area (Å²) in [7, 11) is -0.300. The zero-order chi connectivity index (χ0) is 15.5. The van der Waals surface area contributed by atoms with E-state index in [2.05, 4.69) is 15.9 Å². The number of aliphatic carboxylic acids is 1. The molecule has 0 atom stereocenters. The zero-order valence-corrected chi connectivity index (χ0v) is 14.8. The van der Waals surface area contributed by atoms with E-state index in [0.29, 0.717) is 10.3 Å². The van der Waals surface area contributed by atoms with Crippen molar-refractivity contribution in [3.05, 3.63) is 14.9 Å². The fraction of sp³-hybridized carbons (Fsp3) is 0.500. The van der Waals surface area contributed by atoms with Gasteiger partial charge < -0.3 is 10.0 Å². The molecule has 1 rings (SSSR count). The lowest BCUT2D eigenvalue weighted by atomic mass is 10.5. The van der Waals surface area contributed by atoms with E-state index in [4.69, 9.17) is 16.7 Å². The highest BCUT2D eigenvalue weighted by Crippen LogP contribution is 2.35. The number of rotatable bonds is 7. The Morgan fingerprint density at radius 1 is 1.45 bits per heavy atom. The quantitative estimate of drug-likeness (QED) is 0.748. The van der Waals surface area contributed by atoms with Crippen molar-refractivity contribution in [3.8, 4) is 0 Å². The Hall–Kier alpha value is -0.190. The van der Waals surface area contributed by atoms with Gasteiger partial charge in [0.1, 0.15) is 10.8 Å². The van der Waals surface area contributed by atoms with Crippen molar-refractivity contribution in [1.29, 1.82) is 0 Å². The number of carboxylic acids is 1.